The SMILES string of the molecule is Cc1sc(-c2ccc3c(c2)OCO3)nc1Nc1ccccc1. The van der Waals surface area contributed by atoms with Crippen molar-refractivity contribution in [1.82, 2.24) is 4.98 Å². The molecular weight excluding hydrogens is 296 g/mol. The van der Waals surface area contributed by atoms with Crippen LogP contribution in [0.15, 0.2) is 48.5 Å². The molecule has 0 saturated carbocycles. The fourth-order valence-corrected chi connectivity index (χ4v) is 3.19. The number of nitrogens with zero attached hydrogens (tertiary/aromatic N) is 1. The van der Waals surface area contributed by atoms with E-state index in [4.69, 9.17) is 14.5 Å². The molecule has 4 rings (SSSR count). The molecule has 2 aromatic carbocycles. The molecule has 4 nitrogen and oxygen atoms in total. The van der Waals surface area contributed by atoms with Gasteiger partial charge < -0.3 is 14.8 Å². The summed E-state index contributed by atoms with van der Waals surface area (Å²) in [5.74, 6) is 2.46. The van der Waals surface area contributed by atoms with Crippen LogP contribution in [0.2, 0.25) is 0 Å². The number of hydrogen-bond acceptors (Lipinski definition) is 5. The lowest BCUT2D eigenvalue weighted by molar-refractivity contribution is 0.174. The third kappa shape index (κ3) is 2.40. The van der Waals surface area contributed by atoms with Gasteiger partial charge in [0, 0.05) is 16.1 Å². The van der Waals surface area contributed by atoms with Crippen molar-refractivity contribution in [2.75, 3.05) is 12.1 Å². The summed E-state index contributed by atoms with van der Waals surface area (Å²) in [6, 6.07) is 16.0. The lowest BCUT2D eigenvalue weighted by atomic mass is 10.2. The van der Waals surface area contributed by atoms with E-state index in [-0.39, 0.29) is 6.79 Å². The highest BCUT2D eigenvalue weighted by Gasteiger charge is 2.16. The number of aryl methyl sites for hydroxylation is 1. The molecule has 0 atom stereocenters. The molecule has 110 valence electrons. The Hall–Kier alpha value is -2.53. The zero-order chi connectivity index (χ0) is 14.9. The van der Waals surface area contributed by atoms with Gasteiger partial charge in [0.25, 0.3) is 0 Å². The average Bonchev–Trinajstić information content (AvgIpc) is 3.15. The zero-order valence-electron chi connectivity index (χ0n) is 12.0. The molecule has 1 aliphatic rings. The van der Waals surface area contributed by atoms with Crippen LogP contribution in [0.5, 0.6) is 11.5 Å². The molecular formula is C17H14N2O2S. The van der Waals surface area contributed by atoms with E-state index < -0.39 is 0 Å². The van der Waals surface area contributed by atoms with Crippen LogP contribution in [0.25, 0.3) is 10.6 Å². The van der Waals surface area contributed by atoms with Gasteiger partial charge >= 0.3 is 0 Å². The Balaban J connectivity index is 1.65. The Kier molecular flexibility index (Phi) is 3.20. The maximum Gasteiger partial charge on any atom is 0.231 e. The van der Waals surface area contributed by atoms with Gasteiger partial charge in [-0.15, -0.1) is 11.3 Å². The van der Waals surface area contributed by atoms with E-state index >= 15 is 0 Å². The zero-order valence-corrected chi connectivity index (χ0v) is 12.8. The molecule has 0 amide bonds. The summed E-state index contributed by atoms with van der Waals surface area (Å²) in [5.41, 5.74) is 2.08. The number of nitrogens with one attached hydrogen (secondary N) is 1. The smallest absolute Gasteiger partial charge is 0.231 e. The molecule has 1 aliphatic heterocycles. The summed E-state index contributed by atoms with van der Waals surface area (Å²) >= 11 is 1.66. The van der Waals surface area contributed by atoms with E-state index in [0.717, 1.165) is 38.5 Å². The third-order valence-corrected chi connectivity index (χ3v) is 4.47. The van der Waals surface area contributed by atoms with Gasteiger partial charge in [0.05, 0.1) is 0 Å². The molecule has 5 heteroatoms. The Labute approximate surface area is 132 Å². The van der Waals surface area contributed by atoms with Crippen LogP contribution in [-0.2, 0) is 0 Å². The number of anilines is 2. The Morgan fingerprint density at radius 2 is 1.86 bits per heavy atom. The molecule has 0 radical (unpaired) electrons. The summed E-state index contributed by atoms with van der Waals surface area (Å²) in [6.45, 7) is 2.36. The second-order valence-electron chi connectivity index (χ2n) is 4.98. The highest BCUT2D eigenvalue weighted by atomic mass is 32.1. The summed E-state index contributed by atoms with van der Waals surface area (Å²) in [6.07, 6.45) is 0. The summed E-state index contributed by atoms with van der Waals surface area (Å²) < 4.78 is 10.8. The topological polar surface area (TPSA) is 43.4 Å². The van der Waals surface area contributed by atoms with Crippen LogP contribution < -0.4 is 14.8 Å². The van der Waals surface area contributed by atoms with Crippen LogP contribution in [-0.4, -0.2) is 11.8 Å². The molecule has 0 saturated heterocycles. The van der Waals surface area contributed by atoms with Crippen molar-refractivity contribution in [2.24, 2.45) is 0 Å². The molecule has 1 aromatic heterocycles. The van der Waals surface area contributed by atoms with E-state index in [1.54, 1.807) is 11.3 Å². The maximum absolute atomic E-state index is 5.43. The van der Waals surface area contributed by atoms with Gasteiger partial charge in [-0.2, -0.15) is 0 Å². The van der Waals surface area contributed by atoms with Gasteiger partial charge in [0.2, 0.25) is 6.79 Å². The molecule has 22 heavy (non-hydrogen) atoms. The lowest BCUT2D eigenvalue weighted by Gasteiger charge is -2.03. The fourth-order valence-electron chi connectivity index (χ4n) is 2.32. The van der Waals surface area contributed by atoms with Crippen molar-refractivity contribution in [3.8, 4) is 22.1 Å². The van der Waals surface area contributed by atoms with E-state index in [0.29, 0.717) is 0 Å². The Morgan fingerprint density at radius 1 is 1.05 bits per heavy atom. The first-order valence-electron chi connectivity index (χ1n) is 6.99. The number of para-hydroxylation sites is 1. The van der Waals surface area contributed by atoms with Gasteiger partial charge in [-0.3, -0.25) is 0 Å². The Morgan fingerprint density at radius 3 is 2.73 bits per heavy atom. The van der Waals surface area contributed by atoms with Gasteiger partial charge in [0.15, 0.2) is 11.5 Å². The number of ether oxygens (including phenoxy) is 2. The number of fused-ring (bicyclic) bond motifs is 1. The first-order chi connectivity index (χ1) is 10.8. The van der Waals surface area contributed by atoms with Crippen LogP contribution in [0.4, 0.5) is 11.5 Å². The van der Waals surface area contributed by atoms with Crippen molar-refractivity contribution < 1.29 is 9.47 Å². The van der Waals surface area contributed by atoms with Crippen LogP contribution in [0.1, 0.15) is 4.88 Å². The van der Waals surface area contributed by atoms with E-state index in [1.165, 1.54) is 0 Å². The maximum atomic E-state index is 5.43. The molecule has 1 N–H and O–H groups in total. The summed E-state index contributed by atoms with van der Waals surface area (Å²) in [7, 11) is 0. The monoisotopic (exact) mass is 310 g/mol. The van der Waals surface area contributed by atoms with Crippen molar-refractivity contribution in [3.63, 3.8) is 0 Å². The van der Waals surface area contributed by atoms with Crippen LogP contribution in [0, 0.1) is 6.92 Å². The largest absolute Gasteiger partial charge is 0.454 e. The van der Waals surface area contributed by atoms with Gasteiger partial charge in [0.1, 0.15) is 10.8 Å². The quantitative estimate of drug-likeness (QED) is 0.768. The number of benzene rings is 2. The fraction of sp³-hybridized carbons (Fsp3) is 0.118. The van der Waals surface area contributed by atoms with Gasteiger partial charge in [-0.25, -0.2) is 4.98 Å². The minimum Gasteiger partial charge on any atom is -0.454 e. The van der Waals surface area contributed by atoms with E-state index in [2.05, 4.69) is 12.2 Å². The van der Waals surface area contributed by atoms with Gasteiger partial charge in [-0.1, -0.05) is 18.2 Å². The summed E-state index contributed by atoms with van der Waals surface area (Å²) in [5, 5.41) is 4.32. The second-order valence-corrected chi connectivity index (χ2v) is 6.19. The molecule has 0 fully saturated rings. The molecule has 2 heterocycles. The van der Waals surface area contributed by atoms with Crippen molar-refractivity contribution in [3.05, 3.63) is 53.4 Å². The minimum absolute atomic E-state index is 0.288. The standard InChI is InChI=1S/C17H14N2O2S/c1-11-16(18-13-5-3-2-4-6-13)19-17(22-11)12-7-8-14-15(9-12)21-10-20-14/h2-9,18H,10H2,1H3. The molecule has 0 aliphatic carbocycles. The normalized spacial score (nSPS) is 12.4. The number of hydrogen-bond donors (Lipinski definition) is 1. The first kappa shape index (κ1) is 13.2. The molecule has 3 aromatic rings. The van der Waals surface area contributed by atoms with E-state index in [9.17, 15) is 0 Å². The molecule has 0 spiro atoms. The lowest BCUT2D eigenvalue weighted by Crippen LogP contribution is -1.92. The minimum atomic E-state index is 0.288. The predicted molar refractivity (Wildman–Crippen MR) is 88.1 cm³/mol. The number of aromatic nitrogens is 1. The highest BCUT2D eigenvalue weighted by Crippen LogP contribution is 2.38. The van der Waals surface area contributed by atoms with Crippen LogP contribution >= 0.6 is 11.3 Å². The number of thiazole rings is 1. The first-order valence-corrected chi connectivity index (χ1v) is 7.81. The Bertz CT molecular complexity index is 815. The highest BCUT2D eigenvalue weighted by molar-refractivity contribution is 7.15. The predicted octanol–water partition coefficient (Wildman–Crippen LogP) is 4.59. The number of rotatable bonds is 3. The summed E-state index contributed by atoms with van der Waals surface area (Å²) in [4.78, 5) is 5.86. The third-order valence-electron chi connectivity index (χ3n) is 3.45. The van der Waals surface area contributed by atoms with Crippen molar-refractivity contribution in [2.45, 2.75) is 6.92 Å². The average molecular weight is 310 g/mol. The second kappa shape index (κ2) is 5.35. The van der Waals surface area contributed by atoms with E-state index in [1.807, 2.05) is 48.5 Å². The van der Waals surface area contributed by atoms with Crippen molar-refractivity contribution in [1.29, 1.82) is 0 Å². The molecule has 0 unspecified atom stereocenters. The molecule has 0 bridgehead atoms. The van der Waals surface area contributed by atoms with Crippen LogP contribution in [0.3, 0.4) is 0 Å². The van der Waals surface area contributed by atoms with Crippen molar-refractivity contribution >= 4 is 22.8 Å². The van der Waals surface area contributed by atoms with Gasteiger partial charge in [-0.05, 0) is 37.3 Å².